The number of aryl methyl sites for hydroxylation is 1. The lowest BCUT2D eigenvalue weighted by atomic mass is 10.1. The van der Waals surface area contributed by atoms with Crippen LogP contribution in [0.3, 0.4) is 0 Å². The van der Waals surface area contributed by atoms with Gasteiger partial charge in [0.2, 0.25) is 5.91 Å². The summed E-state index contributed by atoms with van der Waals surface area (Å²) in [6, 6.07) is 13.8. The monoisotopic (exact) mass is 443 g/mol. The van der Waals surface area contributed by atoms with Crippen LogP contribution in [0.5, 0.6) is 5.75 Å². The summed E-state index contributed by atoms with van der Waals surface area (Å²) in [5.41, 5.74) is 1.53. The van der Waals surface area contributed by atoms with Gasteiger partial charge >= 0.3 is 0 Å². The first-order valence-electron chi connectivity index (χ1n) is 10.6. The van der Waals surface area contributed by atoms with E-state index < -0.39 is 10.0 Å². The van der Waals surface area contributed by atoms with Crippen LogP contribution in [0.1, 0.15) is 44.6 Å². The summed E-state index contributed by atoms with van der Waals surface area (Å²) >= 11 is 0. The van der Waals surface area contributed by atoms with E-state index >= 15 is 0 Å². The van der Waals surface area contributed by atoms with Crippen molar-refractivity contribution in [3.8, 4) is 5.75 Å². The Morgan fingerprint density at radius 2 is 1.84 bits per heavy atom. The number of ether oxygens (including phenoxy) is 1. The topological polar surface area (TPSA) is 96.9 Å². The maximum absolute atomic E-state index is 12.6. The van der Waals surface area contributed by atoms with Crippen LogP contribution in [-0.4, -0.2) is 33.3 Å². The molecule has 1 aliphatic heterocycles. The van der Waals surface area contributed by atoms with Gasteiger partial charge in [0.25, 0.3) is 10.0 Å². The number of hydrogen-bond donors (Lipinski definition) is 2. The number of amidine groups is 1. The lowest BCUT2D eigenvalue weighted by Gasteiger charge is -2.11. The molecule has 0 aliphatic carbocycles. The van der Waals surface area contributed by atoms with Gasteiger partial charge in [-0.3, -0.25) is 14.5 Å². The molecule has 166 valence electrons. The zero-order valence-electron chi connectivity index (χ0n) is 17.8. The number of carbonyl (C=O) groups is 1. The Balaban J connectivity index is 1.56. The first kappa shape index (κ1) is 22.8. The van der Waals surface area contributed by atoms with Crippen LogP contribution < -0.4 is 14.8 Å². The largest absolute Gasteiger partial charge is 0.494 e. The van der Waals surface area contributed by atoms with Crippen molar-refractivity contribution in [3.63, 3.8) is 0 Å². The van der Waals surface area contributed by atoms with Crippen LogP contribution in [0.2, 0.25) is 0 Å². The van der Waals surface area contributed by atoms with Crippen LogP contribution in [0.15, 0.2) is 58.4 Å². The Morgan fingerprint density at radius 1 is 1.06 bits per heavy atom. The fraction of sp³-hybridized carbons (Fsp3) is 0.391. The standard InChI is InChI=1S/C23H29N3O4S/c1-2-30-21-9-6-5-8-18(21)11-16-23(27)25-19-12-14-20(15-13-19)31(28,29)26-22-10-4-3-7-17-24-22/h5-6,8-9,12-15H,2-4,7,10-11,16-17H2,1H3,(H,24,26)(H,25,27). The molecule has 0 aromatic heterocycles. The summed E-state index contributed by atoms with van der Waals surface area (Å²) in [6.45, 7) is 3.14. The van der Waals surface area contributed by atoms with Crippen molar-refractivity contribution < 1.29 is 17.9 Å². The number of benzene rings is 2. The average Bonchev–Trinajstić information content (AvgIpc) is 3.02. The van der Waals surface area contributed by atoms with Gasteiger partial charge < -0.3 is 10.1 Å². The minimum absolute atomic E-state index is 0.142. The highest BCUT2D eigenvalue weighted by atomic mass is 32.2. The molecule has 0 atom stereocenters. The summed E-state index contributed by atoms with van der Waals surface area (Å²) in [5, 5.41) is 2.81. The zero-order valence-corrected chi connectivity index (χ0v) is 18.6. The first-order chi connectivity index (χ1) is 15.0. The SMILES string of the molecule is CCOc1ccccc1CCC(=O)Nc1ccc(S(=O)(=O)NC2=NCCCCC2)cc1. The van der Waals surface area contributed by atoms with E-state index in [2.05, 4.69) is 15.0 Å². The summed E-state index contributed by atoms with van der Waals surface area (Å²) < 4.78 is 33.4. The van der Waals surface area contributed by atoms with Crippen LogP contribution in [0, 0.1) is 0 Å². The quantitative estimate of drug-likeness (QED) is 0.646. The molecule has 31 heavy (non-hydrogen) atoms. The third-order valence-electron chi connectivity index (χ3n) is 4.97. The average molecular weight is 444 g/mol. The van der Waals surface area contributed by atoms with Gasteiger partial charge in [-0.25, -0.2) is 8.42 Å². The summed E-state index contributed by atoms with van der Waals surface area (Å²) in [6.07, 6.45) is 4.46. The third-order valence-corrected chi connectivity index (χ3v) is 6.37. The zero-order chi connectivity index (χ0) is 22.1. The molecule has 0 fully saturated rings. The number of nitrogens with zero attached hydrogens (tertiary/aromatic N) is 1. The predicted octanol–water partition coefficient (Wildman–Crippen LogP) is 3.91. The summed E-state index contributed by atoms with van der Waals surface area (Å²) in [7, 11) is -3.69. The second kappa shape index (κ2) is 10.9. The summed E-state index contributed by atoms with van der Waals surface area (Å²) in [5.74, 6) is 1.16. The molecule has 0 unspecified atom stereocenters. The van der Waals surface area contributed by atoms with Crippen molar-refractivity contribution in [3.05, 3.63) is 54.1 Å². The third kappa shape index (κ3) is 6.82. The van der Waals surface area contributed by atoms with E-state index in [4.69, 9.17) is 4.74 Å². The van der Waals surface area contributed by atoms with Gasteiger partial charge in [0.1, 0.15) is 11.6 Å². The van der Waals surface area contributed by atoms with Gasteiger partial charge in [-0.1, -0.05) is 24.6 Å². The first-order valence-corrected chi connectivity index (χ1v) is 12.1. The highest BCUT2D eigenvalue weighted by Gasteiger charge is 2.17. The lowest BCUT2D eigenvalue weighted by molar-refractivity contribution is -0.116. The number of anilines is 1. The summed E-state index contributed by atoms with van der Waals surface area (Å²) in [4.78, 5) is 16.8. The second-order valence-corrected chi connectivity index (χ2v) is 9.04. The molecule has 3 rings (SSSR count). The van der Waals surface area contributed by atoms with Crippen molar-refractivity contribution in [2.75, 3.05) is 18.5 Å². The van der Waals surface area contributed by atoms with Gasteiger partial charge in [-0.05, 0) is 62.1 Å². The Labute approximate surface area is 184 Å². The van der Waals surface area contributed by atoms with Crippen LogP contribution in [0.4, 0.5) is 5.69 Å². The molecule has 0 radical (unpaired) electrons. The van der Waals surface area contributed by atoms with Gasteiger partial charge in [-0.2, -0.15) is 0 Å². The fourth-order valence-electron chi connectivity index (χ4n) is 3.37. The Morgan fingerprint density at radius 3 is 2.61 bits per heavy atom. The van der Waals surface area contributed by atoms with Gasteiger partial charge in [0.15, 0.2) is 0 Å². The number of hydrogen-bond acceptors (Lipinski definition) is 5. The number of nitrogens with one attached hydrogen (secondary N) is 2. The maximum Gasteiger partial charge on any atom is 0.262 e. The van der Waals surface area contributed by atoms with Crippen LogP contribution >= 0.6 is 0 Å². The molecule has 0 saturated heterocycles. The molecule has 0 spiro atoms. The number of rotatable bonds is 8. The number of amides is 1. The molecule has 1 aliphatic rings. The molecule has 8 heteroatoms. The van der Waals surface area contributed by atoms with E-state index in [1.807, 2.05) is 31.2 Å². The van der Waals surface area contributed by atoms with Gasteiger partial charge in [-0.15, -0.1) is 0 Å². The van der Waals surface area contributed by atoms with Crippen molar-refractivity contribution in [2.24, 2.45) is 4.99 Å². The van der Waals surface area contributed by atoms with E-state index in [0.29, 0.717) is 43.9 Å². The minimum atomic E-state index is -3.69. The Hall–Kier alpha value is -2.87. The smallest absolute Gasteiger partial charge is 0.262 e. The van der Waals surface area contributed by atoms with Gasteiger partial charge in [0, 0.05) is 25.1 Å². The second-order valence-electron chi connectivity index (χ2n) is 7.36. The van der Waals surface area contributed by atoms with Crippen LogP contribution in [0.25, 0.3) is 0 Å². The molecular weight excluding hydrogens is 414 g/mol. The van der Waals surface area contributed by atoms with Crippen LogP contribution in [-0.2, 0) is 21.2 Å². The van der Waals surface area contributed by atoms with Crippen molar-refractivity contribution in [2.45, 2.75) is 50.3 Å². The van der Waals surface area contributed by atoms with E-state index in [0.717, 1.165) is 30.6 Å². The number of carbonyl (C=O) groups excluding carboxylic acids is 1. The molecular formula is C23H29N3O4S. The van der Waals surface area contributed by atoms with E-state index in [9.17, 15) is 13.2 Å². The lowest BCUT2D eigenvalue weighted by Crippen LogP contribution is -2.30. The van der Waals surface area contributed by atoms with E-state index in [1.54, 1.807) is 12.1 Å². The Kier molecular flexibility index (Phi) is 8.06. The number of para-hydroxylation sites is 1. The molecule has 2 N–H and O–H groups in total. The minimum Gasteiger partial charge on any atom is -0.494 e. The predicted molar refractivity (Wildman–Crippen MR) is 122 cm³/mol. The number of sulfonamides is 1. The van der Waals surface area contributed by atoms with Crippen molar-refractivity contribution >= 4 is 27.5 Å². The molecule has 1 amide bonds. The molecule has 0 bridgehead atoms. The highest BCUT2D eigenvalue weighted by Crippen LogP contribution is 2.20. The number of aliphatic imine (C=N–C) groups is 1. The molecule has 2 aromatic carbocycles. The fourth-order valence-corrected chi connectivity index (χ4v) is 4.46. The molecule has 1 heterocycles. The molecule has 7 nitrogen and oxygen atoms in total. The highest BCUT2D eigenvalue weighted by molar-refractivity contribution is 7.90. The van der Waals surface area contributed by atoms with E-state index in [1.165, 1.54) is 12.1 Å². The maximum atomic E-state index is 12.6. The molecule has 2 aromatic rings. The van der Waals surface area contributed by atoms with Crippen molar-refractivity contribution in [1.29, 1.82) is 0 Å². The van der Waals surface area contributed by atoms with Crippen molar-refractivity contribution in [1.82, 2.24) is 4.72 Å². The van der Waals surface area contributed by atoms with Gasteiger partial charge in [0.05, 0.1) is 11.5 Å². The van der Waals surface area contributed by atoms with E-state index in [-0.39, 0.29) is 10.8 Å². The normalized spacial score (nSPS) is 14.3. The Bertz CT molecular complexity index is 1020. The molecule has 0 saturated carbocycles.